The number of carbonyl (C=O) groups excluding carboxylic acids is 1. The lowest BCUT2D eigenvalue weighted by molar-refractivity contribution is -0.148. The van der Waals surface area contributed by atoms with Crippen molar-refractivity contribution < 1.29 is 24.5 Å². The highest BCUT2D eigenvalue weighted by Crippen LogP contribution is 2.60. The third-order valence-electron chi connectivity index (χ3n) is 5.26. The Balaban J connectivity index is 1.87. The predicted octanol–water partition coefficient (Wildman–Crippen LogP) is 4.67. The van der Waals surface area contributed by atoms with Crippen molar-refractivity contribution in [1.82, 2.24) is 0 Å². The Morgan fingerprint density at radius 3 is 2.04 bits per heavy atom. The molecule has 1 spiro atoms. The first-order chi connectivity index (χ1) is 12.9. The van der Waals surface area contributed by atoms with E-state index in [1.807, 2.05) is 12.2 Å². The van der Waals surface area contributed by atoms with Crippen molar-refractivity contribution in [3.63, 3.8) is 0 Å². The molecule has 7 heteroatoms. The zero-order chi connectivity index (χ0) is 18.9. The van der Waals surface area contributed by atoms with Crippen molar-refractivity contribution in [3.05, 3.63) is 69.7 Å². The molecule has 2 aromatic rings. The number of ether oxygens (including phenoxy) is 2. The highest BCUT2D eigenvalue weighted by atomic mass is 35.5. The number of rotatable bonds is 0. The van der Waals surface area contributed by atoms with Gasteiger partial charge < -0.3 is 19.7 Å². The molecule has 5 rings (SSSR count). The summed E-state index contributed by atoms with van der Waals surface area (Å²) >= 11 is 12.3. The molecule has 0 radical (unpaired) electrons. The number of hydrogen-bond acceptors (Lipinski definition) is 5. The number of hydrogen-bond donors (Lipinski definition) is 2. The summed E-state index contributed by atoms with van der Waals surface area (Å²) in [6, 6.07) is 5.82. The van der Waals surface area contributed by atoms with E-state index < -0.39 is 11.5 Å². The third kappa shape index (κ3) is 2.10. The number of halogens is 2. The molecule has 1 aliphatic carbocycles. The van der Waals surface area contributed by atoms with Crippen LogP contribution in [0.1, 0.15) is 11.1 Å². The molecule has 2 aliphatic heterocycles. The molecule has 3 aliphatic rings. The molecule has 1 saturated heterocycles. The number of fused-ring (bicyclic) bond motifs is 6. The molecule has 2 unspecified atom stereocenters. The molecule has 0 saturated carbocycles. The maximum absolute atomic E-state index is 12.7. The lowest BCUT2D eigenvalue weighted by Crippen LogP contribution is -2.37. The molecule has 2 N–H and O–H groups in total. The van der Waals surface area contributed by atoms with Crippen LogP contribution in [0.15, 0.2) is 48.6 Å². The summed E-state index contributed by atoms with van der Waals surface area (Å²) < 4.78 is 11.9. The number of phenolic OH excluding ortho intramolecular Hbond substituents is 2. The summed E-state index contributed by atoms with van der Waals surface area (Å²) in [6.07, 6.45) is 7.34. The van der Waals surface area contributed by atoms with Crippen LogP contribution in [0.25, 0.3) is 0 Å². The van der Waals surface area contributed by atoms with Gasteiger partial charge in [-0.3, -0.25) is 4.79 Å². The first-order valence-corrected chi connectivity index (χ1v) is 8.99. The van der Waals surface area contributed by atoms with Crippen LogP contribution in [0.5, 0.6) is 23.0 Å². The normalized spacial score (nSPS) is 23.4. The fourth-order valence-corrected chi connectivity index (χ4v) is 4.41. The topological polar surface area (TPSA) is 76.0 Å². The van der Waals surface area contributed by atoms with E-state index in [0.717, 1.165) is 0 Å². The minimum Gasteiger partial charge on any atom is -0.506 e. The van der Waals surface area contributed by atoms with Crippen molar-refractivity contribution in [1.29, 1.82) is 0 Å². The van der Waals surface area contributed by atoms with Gasteiger partial charge in [0.2, 0.25) is 0 Å². The van der Waals surface area contributed by atoms with Crippen LogP contribution in [0.2, 0.25) is 10.0 Å². The third-order valence-corrected chi connectivity index (χ3v) is 5.86. The SMILES string of the molecule is O=C1OC2(c3cc(Cl)c(O)cc3Oc3cc(O)c(Cl)cc32)C2C=CC=CC12. The van der Waals surface area contributed by atoms with E-state index in [2.05, 4.69) is 0 Å². The summed E-state index contributed by atoms with van der Waals surface area (Å²) in [5, 5.41) is 20.3. The minimum atomic E-state index is -1.24. The Bertz CT molecular complexity index is 1020. The van der Waals surface area contributed by atoms with Gasteiger partial charge in [-0.1, -0.05) is 47.5 Å². The summed E-state index contributed by atoms with van der Waals surface area (Å²) in [5.74, 6) is -0.955. The Labute approximate surface area is 164 Å². The molecule has 2 heterocycles. The van der Waals surface area contributed by atoms with Gasteiger partial charge in [-0.2, -0.15) is 0 Å². The van der Waals surface area contributed by atoms with E-state index in [4.69, 9.17) is 32.7 Å². The second-order valence-corrected chi connectivity index (χ2v) is 7.49. The summed E-state index contributed by atoms with van der Waals surface area (Å²) in [4.78, 5) is 12.7. The molecular formula is C20H12Cl2O5. The molecule has 0 aromatic heterocycles. The van der Waals surface area contributed by atoms with Crippen LogP contribution in [-0.2, 0) is 15.1 Å². The zero-order valence-corrected chi connectivity index (χ0v) is 15.2. The quantitative estimate of drug-likeness (QED) is 0.626. The maximum Gasteiger partial charge on any atom is 0.314 e. The Morgan fingerprint density at radius 2 is 1.44 bits per heavy atom. The Hall–Kier alpha value is -2.63. The highest BCUT2D eigenvalue weighted by Gasteiger charge is 2.60. The van der Waals surface area contributed by atoms with Crippen molar-refractivity contribution in [2.45, 2.75) is 5.60 Å². The van der Waals surface area contributed by atoms with E-state index in [1.165, 1.54) is 24.3 Å². The average molecular weight is 403 g/mol. The highest BCUT2D eigenvalue weighted by molar-refractivity contribution is 6.32. The van der Waals surface area contributed by atoms with Crippen LogP contribution >= 0.6 is 23.2 Å². The van der Waals surface area contributed by atoms with Crippen molar-refractivity contribution in [3.8, 4) is 23.0 Å². The van der Waals surface area contributed by atoms with Crippen LogP contribution in [0.4, 0.5) is 0 Å². The van der Waals surface area contributed by atoms with E-state index >= 15 is 0 Å². The fraction of sp³-hybridized carbons (Fsp3) is 0.150. The van der Waals surface area contributed by atoms with Gasteiger partial charge in [0, 0.05) is 29.2 Å². The second-order valence-electron chi connectivity index (χ2n) is 6.68. The van der Waals surface area contributed by atoms with Crippen LogP contribution in [-0.4, -0.2) is 16.2 Å². The molecule has 136 valence electrons. The van der Waals surface area contributed by atoms with Gasteiger partial charge in [-0.05, 0) is 12.1 Å². The van der Waals surface area contributed by atoms with Crippen molar-refractivity contribution in [2.75, 3.05) is 0 Å². The summed E-state index contributed by atoms with van der Waals surface area (Å²) in [7, 11) is 0. The van der Waals surface area contributed by atoms with Gasteiger partial charge in [0.25, 0.3) is 0 Å². The van der Waals surface area contributed by atoms with E-state index in [1.54, 1.807) is 12.2 Å². The average Bonchev–Trinajstić information content (AvgIpc) is 2.93. The van der Waals surface area contributed by atoms with Gasteiger partial charge >= 0.3 is 5.97 Å². The van der Waals surface area contributed by atoms with Crippen molar-refractivity contribution >= 4 is 29.2 Å². The molecular weight excluding hydrogens is 391 g/mol. The molecule has 2 aromatic carbocycles. The van der Waals surface area contributed by atoms with E-state index in [9.17, 15) is 15.0 Å². The number of carbonyl (C=O) groups is 1. The first kappa shape index (κ1) is 16.5. The standard InChI is InChI=1S/C20H12Cl2O5/c21-13-5-11-17(7-15(13)23)26-18-8-16(24)14(22)6-12(18)20(11)10-4-2-1-3-9(10)19(25)27-20/h1-10,23-24H. The Kier molecular flexibility index (Phi) is 3.33. The summed E-state index contributed by atoms with van der Waals surface area (Å²) in [6.45, 7) is 0. The number of allylic oxidation sites excluding steroid dienone is 2. The largest absolute Gasteiger partial charge is 0.506 e. The van der Waals surface area contributed by atoms with Crippen LogP contribution in [0.3, 0.4) is 0 Å². The Morgan fingerprint density at radius 1 is 0.889 bits per heavy atom. The molecule has 5 nitrogen and oxygen atoms in total. The van der Waals surface area contributed by atoms with Gasteiger partial charge in [0.15, 0.2) is 5.60 Å². The van der Waals surface area contributed by atoms with Gasteiger partial charge in [-0.25, -0.2) is 0 Å². The minimum absolute atomic E-state index is 0.111. The van der Waals surface area contributed by atoms with E-state index in [0.29, 0.717) is 22.6 Å². The summed E-state index contributed by atoms with van der Waals surface area (Å²) in [5.41, 5.74) is -0.207. The first-order valence-electron chi connectivity index (χ1n) is 8.23. The van der Waals surface area contributed by atoms with Gasteiger partial charge in [0.05, 0.1) is 16.0 Å². The van der Waals surface area contributed by atoms with E-state index in [-0.39, 0.29) is 33.4 Å². The fourth-order valence-electron chi connectivity index (χ4n) is 4.08. The monoisotopic (exact) mass is 402 g/mol. The zero-order valence-electron chi connectivity index (χ0n) is 13.6. The van der Waals surface area contributed by atoms with Gasteiger partial charge in [-0.15, -0.1) is 0 Å². The molecule has 1 fully saturated rings. The van der Waals surface area contributed by atoms with Crippen LogP contribution in [0, 0.1) is 11.8 Å². The smallest absolute Gasteiger partial charge is 0.314 e. The number of phenols is 2. The van der Waals surface area contributed by atoms with Crippen molar-refractivity contribution in [2.24, 2.45) is 11.8 Å². The molecule has 0 amide bonds. The molecule has 27 heavy (non-hydrogen) atoms. The molecule has 0 bridgehead atoms. The van der Waals surface area contributed by atoms with Gasteiger partial charge in [0.1, 0.15) is 23.0 Å². The lowest BCUT2D eigenvalue weighted by atomic mass is 9.70. The second kappa shape index (κ2) is 5.44. The lowest BCUT2D eigenvalue weighted by Gasteiger charge is -2.39. The number of esters is 1. The molecule has 2 atom stereocenters. The number of aromatic hydroxyl groups is 2. The number of benzene rings is 2. The van der Waals surface area contributed by atoms with Crippen LogP contribution < -0.4 is 4.74 Å². The maximum atomic E-state index is 12.7. The predicted molar refractivity (Wildman–Crippen MR) is 98.4 cm³/mol.